The van der Waals surface area contributed by atoms with Crippen molar-refractivity contribution >= 4 is 17.4 Å². The first-order valence-corrected chi connectivity index (χ1v) is 7.88. The van der Waals surface area contributed by atoms with E-state index in [0.29, 0.717) is 17.6 Å². The van der Waals surface area contributed by atoms with E-state index < -0.39 is 0 Å². The SMILES string of the molecule is CCC(C)Nc1cc(C(=O)Nc2c(C)cc(C)cc2C)ncn1. The van der Waals surface area contributed by atoms with Crippen LogP contribution in [0.2, 0.25) is 0 Å². The molecular weight excluding hydrogens is 288 g/mol. The molecule has 1 aromatic carbocycles. The Morgan fingerprint density at radius 2 is 1.78 bits per heavy atom. The van der Waals surface area contributed by atoms with Crippen molar-refractivity contribution in [3.8, 4) is 0 Å². The highest BCUT2D eigenvalue weighted by molar-refractivity contribution is 6.04. The Morgan fingerprint density at radius 3 is 2.39 bits per heavy atom. The van der Waals surface area contributed by atoms with Gasteiger partial charge in [0.05, 0.1) is 0 Å². The molecule has 0 saturated carbocycles. The molecule has 0 radical (unpaired) electrons. The van der Waals surface area contributed by atoms with Crippen LogP contribution in [0.3, 0.4) is 0 Å². The van der Waals surface area contributed by atoms with Crippen LogP contribution in [0.15, 0.2) is 24.5 Å². The van der Waals surface area contributed by atoms with Gasteiger partial charge in [0.15, 0.2) is 0 Å². The van der Waals surface area contributed by atoms with Crippen LogP contribution >= 0.6 is 0 Å². The summed E-state index contributed by atoms with van der Waals surface area (Å²) < 4.78 is 0. The average molecular weight is 312 g/mol. The van der Waals surface area contributed by atoms with Gasteiger partial charge >= 0.3 is 0 Å². The van der Waals surface area contributed by atoms with Crippen molar-refractivity contribution in [3.63, 3.8) is 0 Å². The number of anilines is 2. The number of carbonyl (C=O) groups excluding carboxylic acids is 1. The number of nitrogens with zero attached hydrogens (tertiary/aromatic N) is 2. The van der Waals surface area contributed by atoms with Crippen molar-refractivity contribution in [3.05, 3.63) is 46.9 Å². The van der Waals surface area contributed by atoms with Gasteiger partial charge < -0.3 is 10.6 Å². The van der Waals surface area contributed by atoms with Crippen LogP contribution in [0.4, 0.5) is 11.5 Å². The number of rotatable bonds is 5. The molecule has 0 aliphatic heterocycles. The first kappa shape index (κ1) is 16.9. The summed E-state index contributed by atoms with van der Waals surface area (Å²) in [5.74, 6) is 0.437. The van der Waals surface area contributed by atoms with E-state index in [2.05, 4.69) is 46.6 Å². The quantitative estimate of drug-likeness (QED) is 0.879. The van der Waals surface area contributed by atoms with E-state index in [4.69, 9.17) is 0 Å². The summed E-state index contributed by atoms with van der Waals surface area (Å²) >= 11 is 0. The third-order valence-electron chi connectivity index (χ3n) is 3.82. The highest BCUT2D eigenvalue weighted by atomic mass is 16.1. The van der Waals surface area contributed by atoms with Crippen LogP contribution in [0.25, 0.3) is 0 Å². The average Bonchev–Trinajstić information content (AvgIpc) is 2.50. The highest BCUT2D eigenvalue weighted by Gasteiger charge is 2.13. The summed E-state index contributed by atoms with van der Waals surface area (Å²) in [5.41, 5.74) is 4.46. The maximum Gasteiger partial charge on any atom is 0.274 e. The first-order valence-electron chi connectivity index (χ1n) is 7.88. The van der Waals surface area contributed by atoms with E-state index in [-0.39, 0.29) is 5.91 Å². The zero-order chi connectivity index (χ0) is 17.0. The van der Waals surface area contributed by atoms with Crippen LogP contribution in [-0.4, -0.2) is 21.9 Å². The zero-order valence-corrected chi connectivity index (χ0v) is 14.4. The fourth-order valence-electron chi connectivity index (χ4n) is 2.47. The Labute approximate surface area is 137 Å². The van der Waals surface area contributed by atoms with Crippen molar-refractivity contribution < 1.29 is 4.79 Å². The molecule has 23 heavy (non-hydrogen) atoms. The van der Waals surface area contributed by atoms with Crippen LogP contribution < -0.4 is 10.6 Å². The van der Waals surface area contributed by atoms with E-state index in [9.17, 15) is 4.79 Å². The van der Waals surface area contributed by atoms with Gasteiger partial charge in [-0.3, -0.25) is 4.79 Å². The Morgan fingerprint density at radius 1 is 1.13 bits per heavy atom. The molecule has 0 spiro atoms. The maximum absolute atomic E-state index is 12.5. The summed E-state index contributed by atoms with van der Waals surface area (Å²) in [6.45, 7) is 10.2. The molecule has 2 N–H and O–H groups in total. The molecule has 1 unspecified atom stereocenters. The van der Waals surface area contributed by atoms with Gasteiger partial charge in [0, 0.05) is 17.8 Å². The van der Waals surface area contributed by atoms with E-state index >= 15 is 0 Å². The van der Waals surface area contributed by atoms with Gasteiger partial charge in [-0.1, -0.05) is 24.6 Å². The topological polar surface area (TPSA) is 66.9 Å². The van der Waals surface area contributed by atoms with Gasteiger partial charge in [-0.15, -0.1) is 0 Å². The lowest BCUT2D eigenvalue weighted by Crippen LogP contribution is -2.18. The molecule has 2 rings (SSSR count). The number of aryl methyl sites for hydroxylation is 3. The van der Waals surface area contributed by atoms with Crippen LogP contribution in [0.5, 0.6) is 0 Å². The Kier molecular flexibility index (Phi) is 5.32. The third-order valence-corrected chi connectivity index (χ3v) is 3.82. The molecule has 0 aliphatic rings. The maximum atomic E-state index is 12.5. The van der Waals surface area contributed by atoms with Crippen LogP contribution in [-0.2, 0) is 0 Å². The number of nitrogens with one attached hydrogen (secondary N) is 2. The lowest BCUT2D eigenvalue weighted by molar-refractivity contribution is 0.102. The molecule has 2 aromatic rings. The van der Waals surface area contributed by atoms with Crippen LogP contribution in [0, 0.1) is 20.8 Å². The number of hydrogen-bond acceptors (Lipinski definition) is 4. The number of hydrogen-bond donors (Lipinski definition) is 2. The Hall–Kier alpha value is -2.43. The second-order valence-electron chi connectivity index (χ2n) is 5.97. The molecule has 122 valence electrons. The Balaban J connectivity index is 2.20. The van der Waals surface area contributed by atoms with E-state index in [1.165, 1.54) is 11.9 Å². The summed E-state index contributed by atoms with van der Waals surface area (Å²) in [7, 11) is 0. The number of benzene rings is 1. The second kappa shape index (κ2) is 7.22. The van der Waals surface area contributed by atoms with Gasteiger partial charge in [-0.2, -0.15) is 0 Å². The summed E-state index contributed by atoms with van der Waals surface area (Å²) in [6.07, 6.45) is 2.39. The van der Waals surface area contributed by atoms with Crippen molar-refractivity contribution in [1.82, 2.24) is 9.97 Å². The molecule has 1 atom stereocenters. The summed E-state index contributed by atoms with van der Waals surface area (Å²) in [6, 6.07) is 6.08. The van der Waals surface area contributed by atoms with Gasteiger partial charge in [-0.25, -0.2) is 9.97 Å². The van der Waals surface area contributed by atoms with Gasteiger partial charge in [0.25, 0.3) is 5.91 Å². The van der Waals surface area contributed by atoms with Crippen molar-refractivity contribution in [2.45, 2.75) is 47.1 Å². The molecular formula is C18H24N4O. The van der Waals surface area contributed by atoms with E-state index in [0.717, 1.165) is 23.2 Å². The zero-order valence-electron chi connectivity index (χ0n) is 14.4. The predicted molar refractivity (Wildman–Crippen MR) is 94.0 cm³/mol. The highest BCUT2D eigenvalue weighted by Crippen LogP contribution is 2.22. The molecule has 1 amide bonds. The minimum absolute atomic E-state index is 0.227. The van der Waals surface area contributed by atoms with Gasteiger partial charge in [-0.05, 0) is 45.2 Å². The largest absolute Gasteiger partial charge is 0.368 e. The fraction of sp³-hybridized carbons (Fsp3) is 0.389. The Bertz CT molecular complexity index is 689. The fourth-order valence-corrected chi connectivity index (χ4v) is 2.47. The lowest BCUT2D eigenvalue weighted by atomic mass is 10.0. The molecule has 5 heteroatoms. The molecule has 0 aliphatic carbocycles. The molecule has 5 nitrogen and oxygen atoms in total. The smallest absolute Gasteiger partial charge is 0.274 e. The summed E-state index contributed by atoms with van der Waals surface area (Å²) in [4.78, 5) is 20.7. The molecule has 0 fully saturated rings. The van der Waals surface area contributed by atoms with Crippen molar-refractivity contribution in [2.75, 3.05) is 10.6 Å². The monoisotopic (exact) mass is 312 g/mol. The van der Waals surface area contributed by atoms with E-state index in [1.807, 2.05) is 20.8 Å². The second-order valence-corrected chi connectivity index (χ2v) is 5.97. The normalized spacial score (nSPS) is 11.9. The van der Waals surface area contributed by atoms with Gasteiger partial charge in [0.1, 0.15) is 17.8 Å². The minimum Gasteiger partial charge on any atom is -0.368 e. The third kappa shape index (κ3) is 4.28. The van der Waals surface area contributed by atoms with Crippen molar-refractivity contribution in [2.24, 2.45) is 0 Å². The van der Waals surface area contributed by atoms with E-state index in [1.54, 1.807) is 6.07 Å². The van der Waals surface area contributed by atoms with Gasteiger partial charge in [0.2, 0.25) is 0 Å². The van der Waals surface area contributed by atoms with Crippen molar-refractivity contribution in [1.29, 1.82) is 0 Å². The summed E-state index contributed by atoms with van der Waals surface area (Å²) in [5, 5.41) is 6.21. The molecule has 0 bridgehead atoms. The number of amides is 1. The van der Waals surface area contributed by atoms with Crippen LogP contribution in [0.1, 0.15) is 47.4 Å². The minimum atomic E-state index is -0.227. The molecule has 0 saturated heterocycles. The lowest BCUT2D eigenvalue weighted by Gasteiger charge is -2.14. The number of carbonyl (C=O) groups is 1. The molecule has 1 heterocycles. The number of aromatic nitrogens is 2. The molecule has 1 aromatic heterocycles. The predicted octanol–water partition coefficient (Wildman–Crippen LogP) is 3.86. The standard InChI is InChI=1S/C18H24N4O/c1-6-14(5)21-16-9-15(19-10-20-16)18(23)22-17-12(3)7-11(2)8-13(17)4/h7-10,14H,6H2,1-5H3,(H,22,23)(H,19,20,21). The first-order chi connectivity index (χ1) is 10.9.